The number of benzene rings is 1. The predicted molar refractivity (Wildman–Crippen MR) is 102 cm³/mol. The molecule has 3 aromatic rings. The molecule has 0 spiro atoms. The Morgan fingerprint density at radius 1 is 1.30 bits per heavy atom. The Bertz CT molecular complexity index is 871. The van der Waals surface area contributed by atoms with Crippen molar-refractivity contribution in [1.82, 2.24) is 14.8 Å². The average Bonchev–Trinajstić information content (AvgIpc) is 2.94. The number of hydrogen-bond acceptors (Lipinski definition) is 4. The van der Waals surface area contributed by atoms with Crippen LogP contribution in [0.1, 0.15) is 5.69 Å². The molecule has 0 aliphatic carbocycles. The van der Waals surface area contributed by atoms with Crippen molar-refractivity contribution in [2.24, 2.45) is 5.10 Å². The lowest BCUT2D eigenvalue weighted by atomic mass is 10.2. The summed E-state index contributed by atoms with van der Waals surface area (Å²) in [5, 5.41) is 4.85. The van der Waals surface area contributed by atoms with Gasteiger partial charge in [0.25, 0.3) is 0 Å². The van der Waals surface area contributed by atoms with E-state index in [1.54, 1.807) is 6.21 Å². The van der Waals surface area contributed by atoms with Crippen molar-refractivity contribution in [2.75, 3.05) is 6.26 Å². The molecule has 3 rings (SSSR count). The molecule has 1 N–H and O–H groups in total. The molecular weight excluding hydrogens is 348 g/mol. The van der Waals surface area contributed by atoms with E-state index >= 15 is 0 Å². The monoisotopic (exact) mass is 360 g/mol. The van der Waals surface area contributed by atoms with Crippen LogP contribution in [0.15, 0.2) is 53.8 Å². The highest BCUT2D eigenvalue weighted by molar-refractivity contribution is 8.22. The van der Waals surface area contributed by atoms with Crippen LogP contribution in [0, 0.1) is 0 Å². The topological polar surface area (TPSA) is 41.7 Å². The zero-order valence-electron chi connectivity index (χ0n) is 12.2. The quantitative estimate of drug-likeness (QED) is 0.431. The average molecular weight is 361 g/mol. The lowest BCUT2D eigenvalue weighted by molar-refractivity contribution is 1.07. The molecule has 116 valence electrons. The molecule has 0 radical (unpaired) electrons. The molecule has 0 fully saturated rings. The fourth-order valence-corrected chi connectivity index (χ4v) is 2.47. The number of thiocarbonyl (C=S) groups is 1. The lowest BCUT2D eigenvalue weighted by Gasteiger charge is -2.00. The Labute approximate surface area is 148 Å². The number of halogens is 1. The molecule has 0 aliphatic heterocycles. The van der Waals surface area contributed by atoms with Gasteiger partial charge >= 0.3 is 0 Å². The Balaban J connectivity index is 2.03. The molecule has 2 aromatic heterocycles. The van der Waals surface area contributed by atoms with Crippen molar-refractivity contribution >= 4 is 51.6 Å². The molecule has 0 bridgehead atoms. The van der Waals surface area contributed by atoms with Crippen LogP contribution in [0.5, 0.6) is 0 Å². The number of hydrogen-bond donors (Lipinski definition) is 1. The minimum Gasteiger partial charge on any atom is -0.299 e. The second-order valence-corrected chi connectivity index (χ2v) is 6.56. The minimum atomic E-state index is 0.614. The number of fused-ring (bicyclic) bond motifs is 1. The standard InChI is InChI=1S/C16H13ClN4S2/c1-23-16(22)20-18-10-13-14-4-2-3-9-21(14)15(19-13)11-5-7-12(17)8-6-11/h2-10H,1H3,(H,20,22). The normalized spacial score (nSPS) is 11.2. The smallest absolute Gasteiger partial charge is 0.153 e. The van der Waals surface area contributed by atoms with Crippen molar-refractivity contribution in [2.45, 2.75) is 0 Å². The third-order valence-electron chi connectivity index (χ3n) is 3.21. The molecule has 2 heterocycles. The number of thioether (sulfide) groups is 1. The molecule has 0 saturated carbocycles. The maximum Gasteiger partial charge on any atom is 0.153 e. The maximum absolute atomic E-state index is 5.96. The van der Waals surface area contributed by atoms with Crippen LogP contribution in [0.25, 0.3) is 16.9 Å². The molecule has 0 unspecified atom stereocenters. The van der Waals surface area contributed by atoms with Gasteiger partial charge < -0.3 is 0 Å². The van der Waals surface area contributed by atoms with Gasteiger partial charge in [-0.2, -0.15) is 5.10 Å². The fourth-order valence-electron chi connectivity index (χ4n) is 2.15. The predicted octanol–water partition coefficient (Wildman–Crippen LogP) is 4.23. The number of rotatable bonds is 3. The number of hydrazone groups is 1. The van der Waals surface area contributed by atoms with Crippen LogP contribution in [-0.2, 0) is 0 Å². The van der Waals surface area contributed by atoms with Crippen LogP contribution in [0.4, 0.5) is 0 Å². The van der Waals surface area contributed by atoms with Crippen LogP contribution in [0.3, 0.4) is 0 Å². The van der Waals surface area contributed by atoms with Gasteiger partial charge in [0.1, 0.15) is 11.5 Å². The SMILES string of the molecule is CSC(=S)NN=Cc1nc(-c2ccc(Cl)cc2)n2ccccc12. The van der Waals surface area contributed by atoms with Gasteiger partial charge in [0, 0.05) is 16.8 Å². The first kappa shape index (κ1) is 16.0. The van der Waals surface area contributed by atoms with Gasteiger partial charge in [-0.15, -0.1) is 0 Å². The van der Waals surface area contributed by atoms with E-state index in [0.717, 1.165) is 22.6 Å². The van der Waals surface area contributed by atoms with Gasteiger partial charge in [-0.25, -0.2) is 4.98 Å². The highest BCUT2D eigenvalue weighted by Gasteiger charge is 2.10. The summed E-state index contributed by atoms with van der Waals surface area (Å²) in [7, 11) is 0. The van der Waals surface area contributed by atoms with E-state index in [4.69, 9.17) is 28.8 Å². The lowest BCUT2D eigenvalue weighted by Crippen LogP contribution is -2.10. The third kappa shape index (κ3) is 3.55. The van der Waals surface area contributed by atoms with E-state index < -0.39 is 0 Å². The van der Waals surface area contributed by atoms with Gasteiger partial charge in [0.15, 0.2) is 4.32 Å². The second kappa shape index (κ2) is 7.12. The Hall–Kier alpha value is -1.89. The van der Waals surface area contributed by atoms with Crippen molar-refractivity contribution in [3.05, 3.63) is 59.4 Å². The highest BCUT2D eigenvalue weighted by Crippen LogP contribution is 2.23. The van der Waals surface area contributed by atoms with Crippen molar-refractivity contribution in [1.29, 1.82) is 0 Å². The van der Waals surface area contributed by atoms with Crippen LogP contribution >= 0.6 is 35.6 Å². The molecule has 4 nitrogen and oxygen atoms in total. The number of nitrogens with one attached hydrogen (secondary N) is 1. The molecule has 0 aliphatic rings. The van der Waals surface area contributed by atoms with Crippen LogP contribution in [-0.4, -0.2) is 26.2 Å². The van der Waals surface area contributed by atoms with Crippen molar-refractivity contribution < 1.29 is 0 Å². The molecule has 7 heteroatoms. The van der Waals surface area contributed by atoms with Crippen LogP contribution in [0.2, 0.25) is 5.02 Å². The summed E-state index contributed by atoms with van der Waals surface area (Å²) in [4.78, 5) is 4.69. The first-order valence-corrected chi connectivity index (χ1v) is 8.80. The zero-order chi connectivity index (χ0) is 16.2. The summed E-state index contributed by atoms with van der Waals surface area (Å²) in [5.41, 5.74) is 5.53. The molecule has 0 amide bonds. The largest absolute Gasteiger partial charge is 0.299 e. The van der Waals surface area contributed by atoms with Crippen molar-refractivity contribution in [3.63, 3.8) is 0 Å². The Morgan fingerprint density at radius 3 is 2.83 bits per heavy atom. The first-order chi connectivity index (χ1) is 11.2. The van der Waals surface area contributed by atoms with Gasteiger partial charge in [0.05, 0.1) is 11.7 Å². The fraction of sp³-hybridized carbons (Fsp3) is 0.0625. The van der Waals surface area contributed by atoms with E-state index in [9.17, 15) is 0 Å². The van der Waals surface area contributed by atoms with Gasteiger partial charge in [-0.05, 0) is 42.7 Å². The number of pyridine rings is 1. The minimum absolute atomic E-state index is 0.614. The number of imidazole rings is 1. The molecule has 1 aromatic carbocycles. The van der Waals surface area contributed by atoms with Gasteiger partial charge in [0.2, 0.25) is 0 Å². The Morgan fingerprint density at radius 2 is 2.09 bits per heavy atom. The summed E-state index contributed by atoms with van der Waals surface area (Å²) in [6.45, 7) is 0. The van der Waals surface area contributed by atoms with E-state index in [0.29, 0.717) is 9.34 Å². The van der Waals surface area contributed by atoms with Gasteiger partial charge in [-0.3, -0.25) is 9.83 Å². The van der Waals surface area contributed by atoms with E-state index in [-0.39, 0.29) is 0 Å². The number of nitrogens with zero attached hydrogens (tertiary/aromatic N) is 3. The zero-order valence-corrected chi connectivity index (χ0v) is 14.6. The van der Waals surface area contributed by atoms with E-state index in [2.05, 4.69) is 10.5 Å². The van der Waals surface area contributed by atoms with Gasteiger partial charge in [-0.1, -0.05) is 41.6 Å². The number of aromatic nitrogens is 2. The molecule has 0 atom stereocenters. The summed E-state index contributed by atoms with van der Waals surface area (Å²) < 4.78 is 2.64. The summed E-state index contributed by atoms with van der Waals surface area (Å²) in [5.74, 6) is 0.839. The first-order valence-electron chi connectivity index (χ1n) is 6.79. The summed E-state index contributed by atoms with van der Waals surface area (Å²) in [6, 6.07) is 13.6. The van der Waals surface area contributed by atoms with Crippen LogP contribution < -0.4 is 5.43 Å². The molecule has 23 heavy (non-hydrogen) atoms. The Kier molecular flexibility index (Phi) is 4.95. The summed E-state index contributed by atoms with van der Waals surface area (Å²) in [6.07, 6.45) is 5.55. The molecule has 0 saturated heterocycles. The third-order valence-corrected chi connectivity index (χ3v) is 4.51. The second-order valence-electron chi connectivity index (χ2n) is 4.65. The maximum atomic E-state index is 5.96. The van der Waals surface area contributed by atoms with Crippen molar-refractivity contribution in [3.8, 4) is 11.4 Å². The highest BCUT2D eigenvalue weighted by atomic mass is 35.5. The summed E-state index contributed by atoms with van der Waals surface area (Å²) >= 11 is 12.5. The van der Waals surface area contributed by atoms with E-state index in [1.165, 1.54) is 11.8 Å². The van der Waals surface area contributed by atoms with E-state index in [1.807, 2.05) is 59.3 Å². The molecular formula is C16H13ClN4S2.